The maximum Gasteiger partial charge on any atom is 0.187 e. The Balaban J connectivity index is 2.69. The number of halogens is 1. The number of thiocarbonyl (C=S) groups is 1. The van der Waals surface area contributed by atoms with Crippen molar-refractivity contribution in [2.75, 3.05) is 13.7 Å². The van der Waals surface area contributed by atoms with E-state index in [-0.39, 0.29) is 5.75 Å². The van der Waals surface area contributed by atoms with E-state index in [0.29, 0.717) is 21.0 Å². The number of phenolic OH excluding ortho intramolecular Hbond substituents is 1. The Morgan fingerprint density at radius 1 is 1.63 bits per heavy atom. The molecule has 0 bridgehead atoms. The largest absolute Gasteiger partial charge is 0.504 e. The van der Waals surface area contributed by atoms with Crippen LogP contribution < -0.4 is 15.5 Å². The second-order valence-electron chi connectivity index (χ2n) is 3.42. The van der Waals surface area contributed by atoms with E-state index < -0.39 is 0 Å². The molecule has 0 aliphatic carbocycles. The number of methoxy groups -OCH3 is 1. The summed E-state index contributed by atoms with van der Waals surface area (Å²) in [6.45, 7) is 4.15. The second kappa shape index (κ2) is 7.95. The lowest BCUT2D eigenvalue weighted by atomic mass is 10.2. The van der Waals surface area contributed by atoms with E-state index in [1.165, 1.54) is 7.11 Å². The molecule has 3 N–H and O–H groups in total. The molecule has 102 valence electrons. The molecule has 7 heteroatoms. The van der Waals surface area contributed by atoms with Gasteiger partial charge in [0.1, 0.15) is 0 Å². The Kier molecular flexibility index (Phi) is 6.57. The molecule has 0 amide bonds. The summed E-state index contributed by atoms with van der Waals surface area (Å²) in [4.78, 5) is 0. The Labute approximate surface area is 130 Å². The van der Waals surface area contributed by atoms with Crippen molar-refractivity contribution in [2.24, 2.45) is 5.10 Å². The minimum atomic E-state index is 0.122. The Bertz CT molecular complexity index is 506. The third-order valence-corrected chi connectivity index (χ3v) is 3.12. The van der Waals surface area contributed by atoms with E-state index in [0.717, 1.165) is 5.56 Å². The van der Waals surface area contributed by atoms with Crippen molar-refractivity contribution in [1.82, 2.24) is 10.7 Å². The fourth-order valence-corrected chi connectivity index (χ4v) is 1.96. The van der Waals surface area contributed by atoms with Gasteiger partial charge in [0.15, 0.2) is 16.6 Å². The van der Waals surface area contributed by atoms with Crippen LogP contribution in [0.15, 0.2) is 29.9 Å². The fourth-order valence-electron chi connectivity index (χ4n) is 1.19. The molecule has 1 aromatic carbocycles. The summed E-state index contributed by atoms with van der Waals surface area (Å²) < 4.78 is 5.75. The summed E-state index contributed by atoms with van der Waals surface area (Å²) in [5.74, 6) is 0.525. The van der Waals surface area contributed by atoms with E-state index in [1.54, 1.807) is 24.4 Å². The van der Waals surface area contributed by atoms with E-state index in [4.69, 9.17) is 17.0 Å². The highest BCUT2D eigenvalue weighted by molar-refractivity contribution is 14.1. The highest BCUT2D eigenvalue weighted by atomic mass is 127. The van der Waals surface area contributed by atoms with Crippen LogP contribution in [0.4, 0.5) is 0 Å². The first-order valence-corrected chi connectivity index (χ1v) is 6.81. The lowest BCUT2D eigenvalue weighted by Gasteiger charge is -2.06. The zero-order chi connectivity index (χ0) is 14.3. The molecule has 0 saturated carbocycles. The summed E-state index contributed by atoms with van der Waals surface area (Å²) in [7, 11) is 1.50. The quantitative estimate of drug-likeness (QED) is 0.236. The van der Waals surface area contributed by atoms with Crippen LogP contribution in [0.3, 0.4) is 0 Å². The van der Waals surface area contributed by atoms with Crippen molar-refractivity contribution in [3.8, 4) is 11.5 Å². The van der Waals surface area contributed by atoms with Gasteiger partial charge in [0.05, 0.1) is 16.9 Å². The first-order valence-electron chi connectivity index (χ1n) is 5.32. The number of rotatable bonds is 5. The average Bonchev–Trinajstić information content (AvgIpc) is 2.40. The van der Waals surface area contributed by atoms with Gasteiger partial charge in [-0.1, -0.05) is 6.08 Å². The molecule has 0 unspecified atom stereocenters. The minimum Gasteiger partial charge on any atom is -0.504 e. The van der Waals surface area contributed by atoms with Crippen LogP contribution in [0.25, 0.3) is 0 Å². The lowest BCUT2D eigenvalue weighted by Crippen LogP contribution is -2.31. The third kappa shape index (κ3) is 5.03. The van der Waals surface area contributed by atoms with Gasteiger partial charge in [-0.15, -0.1) is 6.58 Å². The minimum absolute atomic E-state index is 0.122. The Hall–Kier alpha value is -1.35. The number of benzene rings is 1. The number of hydrazone groups is 1. The molecule has 5 nitrogen and oxygen atoms in total. The topological polar surface area (TPSA) is 65.9 Å². The Morgan fingerprint density at radius 3 is 3.00 bits per heavy atom. The maximum absolute atomic E-state index is 9.70. The van der Waals surface area contributed by atoms with Gasteiger partial charge >= 0.3 is 0 Å². The smallest absolute Gasteiger partial charge is 0.187 e. The summed E-state index contributed by atoms with van der Waals surface area (Å²) in [6, 6.07) is 3.46. The molecular weight excluding hydrogens is 377 g/mol. The van der Waals surface area contributed by atoms with E-state index in [9.17, 15) is 5.11 Å². The predicted molar refractivity (Wildman–Crippen MR) is 88.9 cm³/mol. The van der Waals surface area contributed by atoms with Gasteiger partial charge in [-0.2, -0.15) is 5.10 Å². The number of phenols is 1. The van der Waals surface area contributed by atoms with E-state index in [1.807, 2.05) is 22.6 Å². The number of hydrogen-bond donors (Lipinski definition) is 3. The fraction of sp³-hybridized carbons (Fsp3) is 0.167. The Morgan fingerprint density at radius 2 is 2.37 bits per heavy atom. The molecule has 0 aromatic heterocycles. The molecule has 0 aliphatic heterocycles. The van der Waals surface area contributed by atoms with E-state index >= 15 is 0 Å². The molecule has 0 radical (unpaired) electrons. The molecule has 0 heterocycles. The van der Waals surface area contributed by atoms with Crippen LogP contribution in [0.1, 0.15) is 5.56 Å². The van der Waals surface area contributed by atoms with Crippen LogP contribution in [0.5, 0.6) is 11.5 Å². The molecular formula is C12H14IN3O2S. The van der Waals surface area contributed by atoms with Crippen LogP contribution in [0.2, 0.25) is 0 Å². The standard InChI is InChI=1S/C12H14IN3O2S/c1-3-4-14-12(19)16-15-7-8-5-9(13)11(17)10(6-8)18-2/h3,5-7,17H,1,4H2,2H3,(H2,14,16,19)/b15-7+. The van der Waals surface area contributed by atoms with Crippen LogP contribution in [0, 0.1) is 3.57 Å². The summed E-state index contributed by atoms with van der Waals surface area (Å²) >= 11 is 7.00. The van der Waals surface area contributed by atoms with Crippen LogP contribution in [-0.4, -0.2) is 30.1 Å². The highest BCUT2D eigenvalue weighted by Crippen LogP contribution is 2.31. The lowest BCUT2D eigenvalue weighted by molar-refractivity contribution is 0.371. The highest BCUT2D eigenvalue weighted by Gasteiger charge is 2.07. The van der Waals surface area contributed by atoms with Gasteiger partial charge < -0.3 is 15.2 Å². The average molecular weight is 391 g/mol. The van der Waals surface area contributed by atoms with E-state index in [2.05, 4.69) is 22.4 Å². The molecule has 19 heavy (non-hydrogen) atoms. The van der Waals surface area contributed by atoms with Gasteiger partial charge in [-0.3, -0.25) is 5.43 Å². The number of nitrogens with one attached hydrogen (secondary N) is 2. The zero-order valence-electron chi connectivity index (χ0n) is 10.3. The third-order valence-electron chi connectivity index (χ3n) is 2.06. The number of aromatic hydroxyl groups is 1. The van der Waals surface area contributed by atoms with Crippen LogP contribution >= 0.6 is 34.8 Å². The van der Waals surface area contributed by atoms with Gasteiger partial charge in [0.25, 0.3) is 0 Å². The monoisotopic (exact) mass is 391 g/mol. The van der Waals surface area contributed by atoms with Gasteiger partial charge in [0, 0.05) is 6.54 Å². The summed E-state index contributed by atoms with van der Waals surface area (Å²) in [5, 5.41) is 17.0. The molecule has 0 aliphatic rings. The molecule has 0 saturated heterocycles. The van der Waals surface area contributed by atoms with Crippen LogP contribution in [-0.2, 0) is 0 Å². The van der Waals surface area contributed by atoms with Crippen molar-refractivity contribution in [3.63, 3.8) is 0 Å². The first kappa shape index (κ1) is 15.7. The number of hydrogen-bond acceptors (Lipinski definition) is 4. The van der Waals surface area contributed by atoms with Crippen molar-refractivity contribution >= 4 is 46.1 Å². The van der Waals surface area contributed by atoms with Gasteiger partial charge in [-0.05, 0) is 52.5 Å². The normalized spacial score (nSPS) is 10.2. The second-order valence-corrected chi connectivity index (χ2v) is 4.99. The van der Waals surface area contributed by atoms with Crippen molar-refractivity contribution in [1.29, 1.82) is 0 Å². The zero-order valence-corrected chi connectivity index (χ0v) is 13.3. The van der Waals surface area contributed by atoms with Crippen molar-refractivity contribution < 1.29 is 9.84 Å². The first-order chi connectivity index (χ1) is 9.08. The maximum atomic E-state index is 9.70. The van der Waals surface area contributed by atoms with Crippen molar-refractivity contribution in [3.05, 3.63) is 33.9 Å². The summed E-state index contributed by atoms with van der Waals surface area (Å²) in [5.41, 5.74) is 3.46. The molecule has 1 aromatic rings. The SMILES string of the molecule is C=CCNC(=S)N/N=C/c1cc(I)c(O)c(OC)c1. The number of nitrogens with zero attached hydrogens (tertiary/aromatic N) is 1. The molecule has 0 fully saturated rings. The molecule has 1 rings (SSSR count). The van der Waals surface area contributed by atoms with Gasteiger partial charge in [0.2, 0.25) is 0 Å². The number of ether oxygens (including phenoxy) is 1. The predicted octanol–water partition coefficient (Wildman–Crippen LogP) is 1.99. The summed E-state index contributed by atoms with van der Waals surface area (Å²) in [6.07, 6.45) is 3.29. The van der Waals surface area contributed by atoms with Crippen molar-refractivity contribution in [2.45, 2.75) is 0 Å². The molecule has 0 spiro atoms. The van der Waals surface area contributed by atoms with Gasteiger partial charge in [-0.25, -0.2) is 0 Å². The molecule has 0 atom stereocenters.